The molecular weight excluding hydrogens is 258 g/mol. The summed E-state index contributed by atoms with van der Waals surface area (Å²) < 4.78 is 0. The van der Waals surface area contributed by atoms with Gasteiger partial charge in [-0.2, -0.15) is 0 Å². The summed E-state index contributed by atoms with van der Waals surface area (Å²) in [6.07, 6.45) is 0.660. The number of H-pyrrole nitrogens is 1. The van der Waals surface area contributed by atoms with Crippen LogP contribution in [0.2, 0.25) is 0 Å². The fourth-order valence-corrected chi connectivity index (χ4v) is 1.79. The number of hydrogen-bond acceptors (Lipinski definition) is 3. The normalized spacial score (nSPS) is 12.4. The first-order valence-corrected chi connectivity index (χ1v) is 6.19. The number of amides is 1. The van der Waals surface area contributed by atoms with E-state index in [1.54, 1.807) is 0 Å². The van der Waals surface area contributed by atoms with Crippen LogP contribution in [0.4, 0.5) is 5.82 Å². The van der Waals surface area contributed by atoms with Crippen molar-refractivity contribution in [3.8, 4) is 0 Å². The predicted molar refractivity (Wildman–Crippen MR) is 68.9 cm³/mol. The number of aromatic nitrogens is 1. The largest absolute Gasteiger partial charge is 0.358 e. The molecular formula is C11H16ClN3O3. The van der Waals surface area contributed by atoms with Crippen molar-refractivity contribution in [2.75, 3.05) is 5.88 Å². The molecule has 0 aliphatic carbocycles. The zero-order valence-electron chi connectivity index (χ0n) is 10.3. The Labute approximate surface area is 110 Å². The Morgan fingerprint density at radius 1 is 1.56 bits per heavy atom. The summed E-state index contributed by atoms with van der Waals surface area (Å²) in [5, 5.41) is 13.3. The third kappa shape index (κ3) is 3.73. The van der Waals surface area contributed by atoms with Crippen LogP contribution in [0.1, 0.15) is 30.8 Å². The number of nitrogens with zero attached hydrogens (tertiary/aromatic N) is 1. The molecule has 1 aromatic heterocycles. The molecule has 0 aliphatic rings. The van der Waals surface area contributed by atoms with Crippen molar-refractivity contribution in [1.29, 1.82) is 0 Å². The van der Waals surface area contributed by atoms with Crippen LogP contribution < -0.4 is 5.32 Å². The average Bonchev–Trinajstić information content (AvgIpc) is 2.77. The summed E-state index contributed by atoms with van der Waals surface area (Å²) in [6, 6.07) is 2.62. The van der Waals surface area contributed by atoms with E-state index < -0.39 is 4.92 Å². The third-order valence-corrected chi connectivity index (χ3v) is 2.87. The smallest absolute Gasteiger partial charge is 0.321 e. The SMILES string of the molecule is CC(C)C(CCCl)NC(=O)c1ccc([N+](=O)[O-])[nH]1. The van der Waals surface area contributed by atoms with Crippen molar-refractivity contribution in [3.63, 3.8) is 0 Å². The molecule has 2 N–H and O–H groups in total. The first-order chi connectivity index (χ1) is 8.45. The molecule has 0 fully saturated rings. The molecule has 0 saturated heterocycles. The lowest BCUT2D eigenvalue weighted by molar-refractivity contribution is -0.389. The summed E-state index contributed by atoms with van der Waals surface area (Å²) in [6.45, 7) is 3.96. The monoisotopic (exact) mass is 273 g/mol. The van der Waals surface area contributed by atoms with E-state index in [2.05, 4.69) is 10.3 Å². The Bertz CT molecular complexity index is 431. The molecule has 1 unspecified atom stereocenters. The number of carbonyl (C=O) groups excluding carboxylic acids is 1. The topological polar surface area (TPSA) is 88.0 Å². The van der Waals surface area contributed by atoms with E-state index in [9.17, 15) is 14.9 Å². The predicted octanol–water partition coefficient (Wildman–Crippen LogP) is 2.31. The minimum Gasteiger partial charge on any atom is -0.358 e. The highest BCUT2D eigenvalue weighted by molar-refractivity contribution is 6.17. The van der Waals surface area contributed by atoms with Crippen molar-refractivity contribution in [1.82, 2.24) is 10.3 Å². The molecule has 1 aromatic rings. The number of nitrogens with one attached hydrogen (secondary N) is 2. The summed E-state index contributed by atoms with van der Waals surface area (Å²) in [7, 11) is 0. The molecule has 0 aromatic carbocycles. The molecule has 7 heteroatoms. The highest BCUT2D eigenvalue weighted by Crippen LogP contribution is 2.12. The van der Waals surface area contributed by atoms with Crippen LogP contribution in [0.25, 0.3) is 0 Å². The van der Waals surface area contributed by atoms with E-state index >= 15 is 0 Å². The fourth-order valence-electron chi connectivity index (χ4n) is 1.56. The van der Waals surface area contributed by atoms with Gasteiger partial charge in [0.05, 0.1) is 0 Å². The molecule has 1 rings (SSSR count). The maximum atomic E-state index is 11.9. The van der Waals surface area contributed by atoms with Crippen LogP contribution in [0.15, 0.2) is 12.1 Å². The second-order valence-electron chi connectivity index (χ2n) is 4.32. The minimum absolute atomic E-state index is 0.0441. The highest BCUT2D eigenvalue weighted by Gasteiger charge is 2.20. The number of aromatic amines is 1. The first-order valence-electron chi connectivity index (χ1n) is 5.66. The molecule has 0 saturated carbocycles. The second kappa shape index (κ2) is 6.39. The van der Waals surface area contributed by atoms with Crippen molar-refractivity contribution >= 4 is 23.3 Å². The van der Waals surface area contributed by atoms with E-state index in [0.29, 0.717) is 12.3 Å². The second-order valence-corrected chi connectivity index (χ2v) is 4.69. The Hall–Kier alpha value is -1.56. The van der Waals surface area contributed by atoms with Crippen LogP contribution in [0, 0.1) is 16.0 Å². The highest BCUT2D eigenvalue weighted by atomic mass is 35.5. The lowest BCUT2D eigenvalue weighted by Crippen LogP contribution is -2.39. The van der Waals surface area contributed by atoms with Gasteiger partial charge in [0.25, 0.3) is 5.91 Å². The van der Waals surface area contributed by atoms with Gasteiger partial charge in [-0.05, 0) is 23.3 Å². The number of carbonyl (C=O) groups is 1. The van der Waals surface area contributed by atoms with Gasteiger partial charge in [-0.25, -0.2) is 4.98 Å². The van der Waals surface area contributed by atoms with Gasteiger partial charge in [-0.15, -0.1) is 11.6 Å². The number of nitro groups is 1. The standard InChI is InChI=1S/C11H16ClN3O3/c1-7(2)8(5-6-12)14-11(16)9-3-4-10(13-9)15(17)18/h3-4,7-8,13H,5-6H2,1-2H3,(H,14,16). The number of rotatable bonds is 6. The van der Waals surface area contributed by atoms with E-state index in [-0.39, 0.29) is 29.4 Å². The van der Waals surface area contributed by atoms with Gasteiger partial charge in [0.2, 0.25) is 0 Å². The number of alkyl halides is 1. The fraction of sp³-hybridized carbons (Fsp3) is 0.545. The van der Waals surface area contributed by atoms with Crippen molar-refractivity contribution in [2.24, 2.45) is 5.92 Å². The first kappa shape index (κ1) is 14.5. The van der Waals surface area contributed by atoms with Gasteiger partial charge in [0.1, 0.15) is 0 Å². The molecule has 18 heavy (non-hydrogen) atoms. The van der Waals surface area contributed by atoms with Crippen LogP contribution in [-0.2, 0) is 0 Å². The molecule has 1 heterocycles. The summed E-state index contributed by atoms with van der Waals surface area (Å²) in [4.78, 5) is 24.2. The summed E-state index contributed by atoms with van der Waals surface area (Å²) in [5.41, 5.74) is 0.182. The summed E-state index contributed by atoms with van der Waals surface area (Å²) in [5.74, 6) is 0.150. The summed E-state index contributed by atoms with van der Waals surface area (Å²) >= 11 is 5.67. The van der Waals surface area contributed by atoms with Crippen LogP contribution >= 0.6 is 11.6 Å². The molecule has 0 spiro atoms. The van der Waals surface area contributed by atoms with Crippen LogP contribution in [-0.4, -0.2) is 27.7 Å². The van der Waals surface area contributed by atoms with Gasteiger partial charge in [-0.1, -0.05) is 13.8 Å². The van der Waals surface area contributed by atoms with Gasteiger partial charge in [-0.3, -0.25) is 4.79 Å². The van der Waals surface area contributed by atoms with E-state index in [0.717, 1.165) is 0 Å². The zero-order valence-corrected chi connectivity index (χ0v) is 11.0. The van der Waals surface area contributed by atoms with Gasteiger partial charge in [0.15, 0.2) is 5.69 Å². The third-order valence-electron chi connectivity index (χ3n) is 2.65. The number of halogens is 1. The van der Waals surface area contributed by atoms with E-state index in [1.807, 2.05) is 13.8 Å². The molecule has 0 bridgehead atoms. The van der Waals surface area contributed by atoms with E-state index in [4.69, 9.17) is 11.6 Å². The van der Waals surface area contributed by atoms with Gasteiger partial charge < -0.3 is 15.4 Å². The molecule has 1 atom stereocenters. The molecule has 0 aliphatic heterocycles. The maximum absolute atomic E-state index is 11.9. The zero-order chi connectivity index (χ0) is 13.7. The van der Waals surface area contributed by atoms with Crippen molar-refractivity contribution in [3.05, 3.63) is 27.9 Å². The Morgan fingerprint density at radius 3 is 2.67 bits per heavy atom. The number of hydrogen-bond donors (Lipinski definition) is 2. The molecule has 100 valence electrons. The van der Waals surface area contributed by atoms with Crippen molar-refractivity contribution < 1.29 is 9.72 Å². The van der Waals surface area contributed by atoms with Gasteiger partial charge >= 0.3 is 5.82 Å². The molecule has 6 nitrogen and oxygen atoms in total. The molecule has 1 amide bonds. The van der Waals surface area contributed by atoms with Crippen LogP contribution in [0.5, 0.6) is 0 Å². The Balaban J connectivity index is 2.71. The Kier molecular flexibility index (Phi) is 5.15. The Morgan fingerprint density at radius 2 is 2.22 bits per heavy atom. The molecule has 0 radical (unpaired) electrons. The van der Waals surface area contributed by atoms with Gasteiger partial charge in [0, 0.05) is 18.0 Å². The lowest BCUT2D eigenvalue weighted by Gasteiger charge is -2.20. The van der Waals surface area contributed by atoms with Crippen molar-refractivity contribution in [2.45, 2.75) is 26.3 Å². The van der Waals surface area contributed by atoms with E-state index in [1.165, 1.54) is 12.1 Å². The minimum atomic E-state index is -0.574. The van der Waals surface area contributed by atoms with Crippen LogP contribution in [0.3, 0.4) is 0 Å². The lowest BCUT2D eigenvalue weighted by atomic mass is 10.0. The quantitative estimate of drug-likeness (QED) is 0.473. The average molecular weight is 274 g/mol. The maximum Gasteiger partial charge on any atom is 0.321 e.